The maximum atomic E-state index is 6.03. The highest BCUT2D eigenvalue weighted by atomic mass is 79.9. The van der Waals surface area contributed by atoms with E-state index in [0.29, 0.717) is 30.5 Å². The fourth-order valence-electron chi connectivity index (χ4n) is 2.43. The summed E-state index contributed by atoms with van der Waals surface area (Å²) in [4.78, 5) is 0. The Morgan fingerprint density at radius 1 is 0.680 bits per heavy atom. The van der Waals surface area contributed by atoms with Gasteiger partial charge < -0.3 is 14.2 Å². The molecule has 0 heterocycles. The number of halogens is 1. The van der Waals surface area contributed by atoms with Crippen molar-refractivity contribution >= 4 is 15.9 Å². The summed E-state index contributed by atoms with van der Waals surface area (Å²) in [5, 5.41) is 0. The lowest BCUT2D eigenvalue weighted by molar-refractivity contribution is 0.243. The van der Waals surface area contributed by atoms with Crippen LogP contribution in [0.4, 0.5) is 0 Å². The summed E-state index contributed by atoms with van der Waals surface area (Å²) in [6.07, 6.45) is 0. The van der Waals surface area contributed by atoms with Crippen molar-refractivity contribution in [3.05, 3.63) is 88.4 Å². The van der Waals surface area contributed by atoms with Crippen LogP contribution in [0.25, 0.3) is 0 Å². The third kappa shape index (κ3) is 4.54. The van der Waals surface area contributed by atoms with Crippen LogP contribution >= 0.6 is 15.9 Å². The molecule has 3 aromatic carbocycles. The molecule has 3 rings (SSSR count). The molecule has 0 atom stereocenters. The minimum absolute atomic E-state index is 0.440. The van der Waals surface area contributed by atoms with Gasteiger partial charge in [0.25, 0.3) is 0 Å². The summed E-state index contributed by atoms with van der Waals surface area (Å²) in [7, 11) is 1.62. The van der Waals surface area contributed by atoms with Crippen LogP contribution in [-0.2, 0) is 13.2 Å². The van der Waals surface area contributed by atoms with Crippen LogP contribution in [0.15, 0.2) is 77.3 Å². The van der Waals surface area contributed by atoms with Crippen LogP contribution in [0.2, 0.25) is 0 Å². The molecule has 25 heavy (non-hydrogen) atoms. The number of ether oxygens (including phenoxy) is 3. The summed E-state index contributed by atoms with van der Waals surface area (Å²) in [5.41, 5.74) is 2.18. The van der Waals surface area contributed by atoms with Crippen LogP contribution in [0.3, 0.4) is 0 Å². The van der Waals surface area contributed by atoms with Gasteiger partial charge >= 0.3 is 0 Å². The molecule has 3 nitrogen and oxygen atoms in total. The molecular formula is C21H19BrO3. The monoisotopic (exact) mass is 398 g/mol. The number of hydrogen-bond donors (Lipinski definition) is 0. The second kappa shape index (κ2) is 8.58. The topological polar surface area (TPSA) is 27.7 Å². The predicted octanol–water partition coefficient (Wildman–Crippen LogP) is 5.62. The van der Waals surface area contributed by atoms with Gasteiger partial charge in [-0.05, 0) is 39.2 Å². The molecular weight excluding hydrogens is 380 g/mol. The van der Waals surface area contributed by atoms with Crippen LogP contribution < -0.4 is 14.2 Å². The maximum Gasteiger partial charge on any atom is 0.205 e. The van der Waals surface area contributed by atoms with Gasteiger partial charge in [-0.15, -0.1) is 0 Å². The summed E-state index contributed by atoms with van der Waals surface area (Å²) in [6, 6.07) is 23.8. The Labute approximate surface area is 156 Å². The molecule has 4 heteroatoms. The third-order valence-corrected chi connectivity index (χ3v) is 4.32. The Balaban J connectivity index is 1.81. The first-order chi connectivity index (χ1) is 12.3. The normalized spacial score (nSPS) is 10.3. The van der Waals surface area contributed by atoms with Gasteiger partial charge in [-0.3, -0.25) is 0 Å². The second-order valence-electron chi connectivity index (χ2n) is 5.46. The maximum absolute atomic E-state index is 6.03. The fraction of sp³-hybridized carbons (Fsp3) is 0.143. The van der Waals surface area contributed by atoms with Crippen molar-refractivity contribution in [1.29, 1.82) is 0 Å². The fourth-order valence-corrected chi connectivity index (χ4v) is 2.90. The van der Waals surface area contributed by atoms with Crippen molar-refractivity contribution in [2.75, 3.05) is 7.11 Å². The molecule has 0 aliphatic rings. The first-order valence-electron chi connectivity index (χ1n) is 7.98. The Morgan fingerprint density at radius 3 is 1.80 bits per heavy atom. The molecule has 0 aliphatic carbocycles. The van der Waals surface area contributed by atoms with Gasteiger partial charge in [0.15, 0.2) is 11.5 Å². The predicted molar refractivity (Wildman–Crippen MR) is 102 cm³/mol. The van der Waals surface area contributed by atoms with Crippen molar-refractivity contribution in [3.63, 3.8) is 0 Å². The summed E-state index contributed by atoms with van der Waals surface area (Å²) >= 11 is 3.50. The van der Waals surface area contributed by atoms with E-state index >= 15 is 0 Å². The van der Waals surface area contributed by atoms with E-state index < -0.39 is 0 Å². The average molecular weight is 399 g/mol. The van der Waals surface area contributed by atoms with E-state index in [1.807, 2.05) is 72.8 Å². The first-order valence-corrected chi connectivity index (χ1v) is 8.77. The van der Waals surface area contributed by atoms with Crippen molar-refractivity contribution in [2.24, 2.45) is 0 Å². The highest BCUT2D eigenvalue weighted by Gasteiger charge is 2.16. The van der Waals surface area contributed by atoms with E-state index in [-0.39, 0.29) is 0 Å². The van der Waals surface area contributed by atoms with Crippen molar-refractivity contribution in [1.82, 2.24) is 0 Å². The van der Waals surface area contributed by atoms with Crippen molar-refractivity contribution in [2.45, 2.75) is 13.2 Å². The quantitative estimate of drug-likeness (QED) is 0.517. The van der Waals surface area contributed by atoms with Gasteiger partial charge in [0.05, 0.1) is 11.6 Å². The van der Waals surface area contributed by atoms with Crippen LogP contribution in [0.1, 0.15) is 11.1 Å². The average Bonchev–Trinajstić information content (AvgIpc) is 2.67. The lowest BCUT2D eigenvalue weighted by Crippen LogP contribution is -2.02. The van der Waals surface area contributed by atoms with Crippen molar-refractivity contribution in [3.8, 4) is 17.2 Å². The van der Waals surface area contributed by atoms with Crippen LogP contribution in [0, 0.1) is 0 Å². The molecule has 0 fully saturated rings. The summed E-state index contributed by atoms with van der Waals surface area (Å²) < 4.78 is 18.3. The lowest BCUT2D eigenvalue weighted by Gasteiger charge is -2.17. The number of hydrogen-bond acceptors (Lipinski definition) is 3. The van der Waals surface area contributed by atoms with Gasteiger partial charge in [0.2, 0.25) is 5.75 Å². The lowest BCUT2D eigenvalue weighted by atomic mass is 10.2. The van der Waals surface area contributed by atoms with Gasteiger partial charge in [-0.1, -0.05) is 60.7 Å². The standard InChI is InChI=1S/C21H19BrO3/c1-23-20-18(22)12-13-19(24-14-16-8-4-2-5-9-16)21(20)25-15-17-10-6-3-7-11-17/h2-13H,14-15H2,1H3. The Kier molecular flexibility index (Phi) is 5.96. The largest absolute Gasteiger partial charge is 0.492 e. The second-order valence-corrected chi connectivity index (χ2v) is 6.31. The highest BCUT2D eigenvalue weighted by Crippen LogP contribution is 2.43. The van der Waals surface area contributed by atoms with E-state index in [1.165, 1.54) is 0 Å². The Hall–Kier alpha value is -2.46. The minimum Gasteiger partial charge on any atom is -0.492 e. The van der Waals surface area contributed by atoms with E-state index in [2.05, 4.69) is 15.9 Å². The van der Waals surface area contributed by atoms with Crippen LogP contribution in [0.5, 0.6) is 17.2 Å². The smallest absolute Gasteiger partial charge is 0.205 e. The zero-order valence-corrected chi connectivity index (χ0v) is 15.5. The van der Waals surface area contributed by atoms with Crippen molar-refractivity contribution < 1.29 is 14.2 Å². The molecule has 0 spiro atoms. The van der Waals surface area contributed by atoms with Crippen LogP contribution in [-0.4, -0.2) is 7.11 Å². The van der Waals surface area contributed by atoms with Gasteiger partial charge in [0, 0.05) is 0 Å². The Morgan fingerprint density at radius 2 is 1.24 bits per heavy atom. The van der Waals surface area contributed by atoms with E-state index in [1.54, 1.807) is 7.11 Å². The molecule has 3 aromatic rings. The molecule has 0 saturated carbocycles. The number of benzene rings is 3. The van der Waals surface area contributed by atoms with Gasteiger partial charge in [-0.25, -0.2) is 0 Å². The van der Waals surface area contributed by atoms with E-state index in [4.69, 9.17) is 14.2 Å². The zero-order valence-electron chi connectivity index (χ0n) is 13.9. The van der Waals surface area contributed by atoms with E-state index in [9.17, 15) is 0 Å². The van der Waals surface area contributed by atoms with Gasteiger partial charge in [0.1, 0.15) is 13.2 Å². The molecule has 0 N–H and O–H groups in total. The minimum atomic E-state index is 0.440. The summed E-state index contributed by atoms with van der Waals surface area (Å²) in [6.45, 7) is 0.905. The molecule has 0 aromatic heterocycles. The molecule has 0 bridgehead atoms. The SMILES string of the molecule is COc1c(Br)ccc(OCc2ccccc2)c1OCc1ccccc1. The number of methoxy groups -OCH3 is 1. The molecule has 128 valence electrons. The van der Waals surface area contributed by atoms with E-state index in [0.717, 1.165) is 15.6 Å². The van der Waals surface area contributed by atoms with Gasteiger partial charge in [-0.2, -0.15) is 0 Å². The highest BCUT2D eigenvalue weighted by molar-refractivity contribution is 9.10. The molecule has 0 aliphatic heterocycles. The molecule has 0 radical (unpaired) electrons. The zero-order chi connectivity index (χ0) is 17.5. The number of rotatable bonds is 7. The summed E-state index contributed by atoms with van der Waals surface area (Å²) in [5.74, 6) is 1.87. The molecule has 0 amide bonds. The first kappa shape index (κ1) is 17.4. The molecule has 0 saturated heterocycles. The molecule has 0 unspecified atom stereocenters. The third-order valence-electron chi connectivity index (χ3n) is 3.70. The Bertz CT molecular complexity index is 804.